The molecule has 160 valence electrons. The van der Waals surface area contributed by atoms with Gasteiger partial charge in [-0.25, -0.2) is 4.99 Å². The van der Waals surface area contributed by atoms with Crippen molar-refractivity contribution in [2.24, 2.45) is 4.99 Å². The zero-order valence-electron chi connectivity index (χ0n) is 17.4. The highest BCUT2D eigenvalue weighted by Gasteiger charge is 2.02. The molecule has 2 heterocycles. The summed E-state index contributed by atoms with van der Waals surface area (Å²) in [7, 11) is 0. The number of pyridine rings is 1. The number of benzene rings is 1. The zero-order chi connectivity index (χ0) is 20.5. The molecule has 0 aliphatic rings. The Morgan fingerprint density at radius 1 is 0.967 bits per heavy atom. The molecule has 0 amide bonds. The van der Waals surface area contributed by atoms with Gasteiger partial charge in [-0.05, 0) is 42.7 Å². The molecule has 30 heavy (non-hydrogen) atoms. The third-order valence-electron chi connectivity index (χ3n) is 4.53. The van der Waals surface area contributed by atoms with Crippen LogP contribution in [0, 0.1) is 0 Å². The van der Waals surface area contributed by atoms with E-state index in [9.17, 15) is 4.79 Å². The van der Waals surface area contributed by atoms with Gasteiger partial charge in [0.25, 0.3) is 5.56 Å². The van der Waals surface area contributed by atoms with Gasteiger partial charge in [0, 0.05) is 28.6 Å². The van der Waals surface area contributed by atoms with Crippen LogP contribution in [0.15, 0.2) is 70.6 Å². The summed E-state index contributed by atoms with van der Waals surface area (Å²) in [5.74, 6) is 0.818. The number of hydrogen-bond acceptors (Lipinski definition) is 3. The Morgan fingerprint density at radius 2 is 1.70 bits per heavy atom. The van der Waals surface area contributed by atoms with Gasteiger partial charge in [-0.2, -0.15) is 0 Å². The minimum Gasteiger partial charge on any atom is -0.357 e. The maximum Gasteiger partial charge on any atom is 0.250 e. The Hall–Kier alpha value is -2.13. The van der Waals surface area contributed by atoms with Crippen molar-refractivity contribution in [3.63, 3.8) is 0 Å². The highest BCUT2D eigenvalue weighted by Crippen LogP contribution is 2.16. The van der Waals surface area contributed by atoms with Crippen molar-refractivity contribution in [2.45, 2.75) is 39.9 Å². The van der Waals surface area contributed by atoms with Crippen LogP contribution in [0.3, 0.4) is 0 Å². The van der Waals surface area contributed by atoms with E-state index in [1.54, 1.807) is 16.7 Å². The van der Waals surface area contributed by atoms with Crippen LogP contribution >= 0.6 is 35.3 Å². The second kappa shape index (κ2) is 12.5. The molecule has 0 saturated carbocycles. The Labute approximate surface area is 199 Å². The summed E-state index contributed by atoms with van der Waals surface area (Å²) in [6.45, 7) is 7.03. The van der Waals surface area contributed by atoms with E-state index in [4.69, 9.17) is 4.99 Å². The molecule has 3 rings (SSSR count). The molecule has 1 aromatic carbocycles. The van der Waals surface area contributed by atoms with E-state index in [-0.39, 0.29) is 29.5 Å². The number of aromatic nitrogens is 1. The smallest absolute Gasteiger partial charge is 0.250 e. The predicted octanol–water partition coefficient (Wildman–Crippen LogP) is 4.39. The Kier molecular flexibility index (Phi) is 10.1. The molecule has 2 N–H and O–H groups in total. The molecule has 0 radical (unpaired) electrons. The maximum absolute atomic E-state index is 11.8. The Bertz CT molecular complexity index is 995. The summed E-state index contributed by atoms with van der Waals surface area (Å²) < 4.78 is 1.70. The Morgan fingerprint density at radius 3 is 2.37 bits per heavy atom. The zero-order valence-corrected chi connectivity index (χ0v) is 20.6. The number of aryl methyl sites for hydroxylation is 1. The van der Waals surface area contributed by atoms with Gasteiger partial charge in [0.05, 0.1) is 19.6 Å². The molecule has 0 bridgehead atoms. The molecule has 3 aromatic rings. The summed E-state index contributed by atoms with van der Waals surface area (Å²) in [4.78, 5) is 19.3. The third kappa shape index (κ3) is 7.28. The fourth-order valence-electron chi connectivity index (χ4n) is 2.93. The Balaban J connectivity index is 0.00000320. The molecule has 7 heteroatoms. The summed E-state index contributed by atoms with van der Waals surface area (Å²) in [5, 5.41) is 6.71. The number of halogens is 1. The van der Waals surface area contributed by atoms with Crippen molar-refractivity contribution in [1.82, 2.24) is 15.2 Å². The molecular weight excluding hydrogens is 507 g/mol. The van der Waals surface area contributed by atoms with Crippen LogP contribution in [0.1, 0.15) is 34.7 Å². The van der Waals surface area contributed by atoms with Gasteiger partial charge < -0.3 is 15.2 Å². The lowest BCUT2D eigenvalue weighted by atomic mass is 10.1. The first-order valence-electron chi connectivity index (χ1n) is 10.0. The number of thiophene rings is 1. The topological polar surface area (TPSA) is 58.4 Å². The number of guanidine groups is 1. The van der Waals surface area contributed by atoms with E-state index in [1.165, 1.54) is 9.75 Å². The highest BCUT2D eigenvalue weighted by molar-refractivity contribution is 14.0. The first-order valence-corrected chi connectivity index (χ1v) is 10.8. The molecule has 2 aromatic heterocycles. The van der Waals surface area contributed by atoms with Crippen molar-refractivity contribution >= 4 is 41.3 Å². The predicted molar refractivity (Wildman–Crippen MR) is 137 cm³/mol. The van der Waals surface area contributed by atoms with Gasteiger partial charge in [0.15, 0.2) is 5.96 Å². The number of nitrogens with one attached hydrogen (secondary N) is 2. The third-order valence-corrected chi connectivity index (χ3v) is 5.76. The SMILES string of the molecule is CCNC(=NCc1ccc(Cn2ccccc2=O)cc1)NCc1ccc(CC)s1.I. The normalized spacial score (nSPS) is 11.1. The van der Waals surface area contributed by atoms with Gasteiger partial charge in [0.2, 0.25) is 0 Å². The first kappa shape index (κ1) is 24.1. The summed E-state index contributed by atoms with van der Waals surface area (Å²) in [5.41, 5.74) is 2.25. The van der Waals surface area contributed by atoms with Gasteiger partial charge in [-0.1, -0.05) is 37.3 Å². The fraction of sp³-hybridized carbons (Fsp3) is 0.304. The molecule has 0 atom stereocenters. The monoisotopic (exact) mass is 536 g/mol. The molecule has 0 saturated heterocycles. The van der Waals surface area contributed by atoms with Gasteiger partial charge >= 0.3 is 0 Å². The molecule has 0 fully saturated rings. The van der Waals surface area contributed by atoms with Crippen LogP contribution in [0.25, 0.3) is 0 Å². The minimum atomic E-state index is 0. The lowest BCUT2D eigenvalue weighted by Gasteiger charge is -2.11. The van der Waals surface area contributed by atoms with E-state index < -0.39 is 0 Å². The quantitative estimate of drug-likeness (QED) is 0.255. The highest BCUT2D eigenvalue weighted by atomic mass is 127. The number of nitrogens with zero attached hydrogens (tertiary/aromatic N) is 2. The van der Waals surface area contributed by atoms with Crippen LogP contribution in [-0.2, 0) is 26.1 Å². The first-order chi connectivity index (χ1) is 14.2. The van der Waals surface area contributed by atoms with Crippen LogP contribution in [-0.4, -0.2) is 17.1 Å². The van der Waals surface area contributed by atoms with Crippen LogP contribution in [0.4, 0.5) is 0 Å². The van der Waals surface area contributed by atoms with E-state index in [0.29, 0.717) is 13.1 Å². The molecule has 0 aliphatic heterocycles. The average molecular weight is 536 g/mol. The summed E-state index contributed by atoms with van der Waals surface area (Å²) in [6, 6.07) is 17.8. The van der Waals surface area contributed by atoms with E-state index in [0.717, 1.165) is 36.6 Å². The second-order valence-electron chi connectivity index (χ2n) is 6.75. The molecule has 0 aliphatic carbocycles. The van der Waals surface area contributed by atoms with E-state index >= 15 is 0 Å². The van der Waals surface area contributed by atoms with Crippen molar-refractivity contribution in [2.75, 3.05) is 6.54 Å². The minimum absolute atomic E-state index is 0. The van der Waals surface area contributed by atoms with Crippen molar-refractivity contribution in [3.05, 3.63) is 92.0 Å². The van der Waals surface area contributed by atoms with E-state index in [1.807, 2.05) is 23.6 Å². The number of rotatable bonds is 8. The molecule has 0 unspecified atom stereocenters. The summed E-state index contributed by atoms with van der Waals surface area (Å²) >= 11 is 1.84. The van der Waals surface area contributed by atoms with Gasteiger partial charge in [-0.15, -0.1) is 35.3 Å². The maximum atomic E-state index is 11.8. The van der Waals surface area contributed by atoms with Crippen molar-refractivity contribution in [1.29, 1.82) is 0 Å². The molecule has 0 spiro atoms. The van der Waals surface area contributed by atoms with Crippen LogP contribution < -0.4 is 16.2 Å². The number of hydrogen-bond donors (Lipinski definition) is 2. The fourth-order valence-corrected chi connectivity index (χ4v) is 3.83. The van der Waals surface area contributed by atoms with Gasteiger partial charge in [-0.3, -0.25) is 4.79 Å². The summed E-state index contributed by atoms with van der Waals surface area (Å²) in [6.07, 6.45) is 2.89. The lowest BCUT2D eigenvalue weighted by molar-refractivity contribution is 0.759. The standard InChI is InChI=1S/C23H28N4OS.HI/c1-3-20-12-13-21(29-20)16-26-23(24-4-2)25-15-18-8-10-19(11-9-18)17-27-14-6-5-7-22(27)28;/h5-14H,3-4,15-17H2,1-2H3,(H2,24,25,26);1H. The molecule has 5 nitrogen and oxygen atoms in total. The largest absolute Gasteiger partial charge is 0.357 e. The number of aliphatic imine (C=N–C) groups is 1. The lowest BCUT2D eigenvalue weighted by Crippen LogP contribution is -2.36. The van der Waals surface area contributed by atoms with Crippen LogP contribution in [0.5, 0.6) is 0 Å². The van der Waals surface area contributed by atoms with Crippen molar-refractivity contribution in [3.8, 4) is 0 Å². The van der Waals surface area contributed by atoms with E-state index in [2.05, 4.69) is 60.9 Å². The second-order valence-corrected chi connectivity index (χ2v) is 8.01. The molecular formula is C23H29IN4OS. The van der Waals surface area contributed by atoms with Gasteiger partial charge in [0.1, 0.15) is 0 Å². The van der Waals surface area contributed by atoms with Crippen LogP contribution in [0.2, 0.25) is 0 Å². The van der Waals surface area contributed by atoms with Crippen molar-refractivity contribution < 1.29 is 0 Å². The average Bonchev–Trinajstić information content (AvgIpc) is 3.21.